The Kier molecular flexibility index (Phi) is 5.01. The third kappa shape index (κ3) is 3.58. The van der Waals surface area contributed by atoms with Crippen molar-refractivity contribution in [2.75, 3.05) is 5.32 Å². The number of carbonyl (C=O) groups excluding carboxylic acids is 1. The van der Waals surface area contributed by atoms with Crippen LogP contribution in [-0.2, 0) is 11.3 Å². The fraction of sp³-hybridized carbons (Fsp3) is 0.211. The lowest BCUT2D eigenvalue weighted by Gasteiger charge is -2.06. The number of anilines is 1. The average molecular weight is 412 g/mol. The Balaban J connectivity index is 1.61. The lowest BCUT2D eigenvalue weighted by molar-refractivity contribution is -0.116. The Morgan fingerprint density at radius 2 is 2.00 bits per heavy atom. The highest BCUT2D eigenvalue weighted by Gasteiger charge is 2.16. The molecule has 0 aliphatic rings. The van der Waals surface area contributed by atoms with Gasteiger partial charge >= 0.3 is 0 Å². The second-order valence-corrected chi connectivity index (χ2v) is 8.39. The van der Waals surface area contributed by atoms with Crippen molar-refractivity contribution in [3.63, 3.8) is 0 Å². The summed E-state index contributed by atoms with van der Waals surface area (Å²) in [5.41, 5.74) is 1.55. The van der Waals surface area contributed by atoms with E-state index >= 15 is 0 Å². The summed E-state index contributed by atoms with van der Waals surface area (Å²) in [6.45, 7) is 3.89. The third-order valence-corrected chi connectivity index (χ3v) is 6.17. The molecule has 1 N–H and O–H groups in total. The van der Waals surface area contributed by atoms with Gasteiger partial charge < -0.3 is 0 Å². The van der Waals surface area contributed by atoms with Crippen molar-refractivity contribution in [1.82, 2.24) is 19.7 Å². The zero-order valence-electron chi connectivity index (χ0n) is 15.2. The molecule has 0 radical (unpaired) electrons. The number of hydrogen-bond acceptors (Lipinski definition) is 7. The van der Waals surface area contributed by atoms with Gasteiger partial charge in [-0.25, -0.2) is 4.98 Å². The predicted octanol–water partition coefficient (Wildman–Crippen LogP) is 3.74. The van der Waals surface area contributed by atoms with Crippen molar-refractivity contribution in [3.05, 3.63) is 57.4 Å². The SMILES string of the molecule is CC(C)c1nnc(NC(=O)Cn2cnc3scc(-c4ccccc4)c3c2=O)s1. The number of aromatic nitrogens is 4. The smallest absolute Gasteiger partial charge is 0.263 e. The molecule has 0 spiro atoms. The van der Waals surface area contributed by atoms with E-state index in [1.807, 2.05) is 49.6 Å². The first-order valence-electron chi connectivity index (χ1n) is 8.68. The van der Waals surface area contributed by atoms with E-state index in [4.69, 9.17) is 0 Å². The molecule has 3 aromatic heterocycles. The first-order chi connectivity index (χ1) is 13.5. The van der Waals surface area contributed by atoms with E-state index in [0.29, 0.717) is 15.3 Å². The van der Waals surface area contributed by atoms with Crippen LogP contribution in [0.25, 0.3) is 21.3 Å². The minimum atomic E-state index is -0.341. The van der Waals surface area contributed by atoms with Gasteiger partial charge in [-0.05, 0) is 5.56 Å². The van der Waals surface area contributed by atoms with E-state index in [-0.39, 0.29) is 23.9 Å². The second kappa shape index (κ2) is 7.61. The van der Waals surface area contributed by atoms with Crippen LogP contribution >= 0.6 is 22.7 Å². The number of rotatable bonds is 5. The van der Waals surface area contributed by atoms with E-state index < -0.39 is 0 Å². The highest BCUT2D eigenvalue weighted by molar-refractivity contribution is 7.17. The summed E-state index contributed by atoms with van der Waals surface area (Å²) in [4.78, 5) is 30.4. The van der Waals surface area contributed by atoms with Gasteiger partial charge in [0.1, 0.15) is 16.4 Å². The lowest BCUT2D eigenvalue weighted by Crippen LogP contribution is -2.27. The molecule has 28 heavy (non-hydrogen) atoms. The maximum absolute atomic E-state index is 13.0. The number of thiophene rings is 1. The average Bonchev–Trinajstić information content (AvgIpc) is 3.32. The monoisotopic (exact) mass is 411 g/mol. The molecule has 1 aromatic carbocycles. The van der Waals surface area contributed by atoms with Crippen molar-refractivity contribution in [1.29, 1.82) is 0 Å². The number of nitrogens with one attached hydrogen (secondary N) is 1. The third-order valence-electron chi connectivity index (χ3n) is 4.14. The van der Waals surface area contributed by atoms with Crippen LogP contribution < -0.4 is 10.9 Å². The van der Waals surface area contributed by atoms with Crippen molar-refractivity contribution in [2.45, 2.75) is 26.3 Å². The molecule has 0 bridgehead atoms. The summed E-state index contributed by atoms with van der Waals surface area (Å²) in [5, 5.41) is 14.5. The highest BCUT2D eigenvalue weighted by Crippen LogP contribution is 2.30. The van der Waals surface area contributed by atoms with Gasteiger partial charge in [0.05, 0.1) is 11.7 Å². The molecular formula is C19H17N5O2S2. The summed E-state index contributed by atoms with van der Waals surface area (Å²) in [7, 11) is 0. The quantitative estimate of drug-likeness (QED) is 0.540. The summed E-state index contributed by atoms with van der Waals surface area (Å²) in [6, 6.07) is 9.68. The maximum Gasteiger partial charge on any atom is 0.263 e. The summed E-state index contributed by atoms with van der Waals surface area (Å²) < 4.78 is 1.32. The minimum absolute atomic E-state index is 0.136. The predicted molar refractivity (Wildman–Crippen MR) is 112 cm³/mol. The van der Waals surface area contributed by atoms with Crippen LogP contribution in [0.15, 0.2) is 46.8 Å². The molecule has 3 heterocycles. The fourth-order valence-electron chi connectivity index (χ4n) is 2.74. The van der Waals surface area contributed by atoms with Crippen molar-refractivity contribution in [2.24, 2.45) is 0 Å². The highest BCUT2D eigenvalue weighted by atomic mass is 32.1. The number of carbonyl (C=O) groups is 1. The lowest BCUT2D eigenvalue weighted by atomic mass is 10.1. The summed E-state index contributed by atoms with van der Waals surface area (Å²) in [5.74, 6) is -0.0985. The first kappa shape index (κ1) is 18.5. The maximum atomic E-state index is 13.0. The second-order valence-electron chi connectivity index (χ2n) is 6.52. The molecule has 4 aromatic rings. The number of benzene rings is 1. The first-order valence-corrected chi connectivity index (χ1v) is 10.4. The Hall–Kier alpha value is -2.91. The van der Waals surface area contributed by atoms with Crippen LogP contribution in [0.2, 0.25) is 0 Å². The van der Waals surface area contributed by atoms with Gasteiger partial charge in [0, 0.05) is 16.9 Å². The molecule has 0 aliphatic carbocycles. The topological polar surface area (TPSA) is 89.8 Å². The fourth-order valence-corrected chi connectivity index (χ4v) is 4.41. The van der Waals surface area contributed by atoms with Gasteiger partial charge in [-0.3, -0.25) is 19.5 Å². The largest absolute Gasteiger partial charge is 0.299 e. The molecule has 1 amide bonds. The van der Waals surface area contributed by atoms with E-state index in [2.05, 4.69) is 20.5 Å². The molecule has 0 fully saturated rings. The Morgan fingerprint density at radius 3 is 2.71 bits per heavy atom. The van der Waals surface area contributed by atoms with Crippen molar-refractivity contribution in [3.8, 4) is 11.1 Å². The molecule has 0 unspecified atom stereocenters. The molecular weight excluding hydrogens is 394 g/mol. The molecule has 0 atom stereocenters. The number of amides is 1. The van der Waals surface area contributed by atoms with Gasteiger partial charge in [-0.1, -0.05) is 55.5 Å². The summed E-state index contributed by atoms with van der Waals surface area (Å²) >= 11 is 2.75. The van der Waals surface area contributed by atoms with Crippen LogP contribution in [0.1, 0.15) is 24.8 Å². The molecule has 0 saturated heterocycles. The van der Waals surface area contributed by atoms with Crippen molar-refractivity contribution < 1.29 is 4.79 Å². The van der Waals surface area contributed by atoms with Crippen LogP contribution in [0.5, 0.6) is 0 Å². The van der Waals surface area contributed by atoms with Gasteiger partial charge in [-0.15, -0.1) is 21.5 Å². The molecule has 0 saturated carbocycles. The summed E-state index contributed by atoms with van der Waals surface area (Å²) in [6.07, 6.45) is 1.41. The molecule has 7 nitrogen and oxygen atoms in total. The minimum Gasteiger partial charge on any atom is -0.299 e. The van der Waals surface area contributed by atoms with Gasteiger partial charge in [0.15, 0.2) is 0 Å². The number of fused-ring (bicyclic) bond motifs is 1. The van der Waals surface area contributed by atoms with E-state index in [0.717, 1.165) is 16.1 Å². The molecule has 142 valence electrons. The van der Waals surface area contributed by atoms with E-state index in [1.165, 1.54) is 33.6 Å². The zero-order chi connectivity index (χ0) is 19.7. The van der Waals surface area contributed by atoms with Crippen molar-refractivity contribution >= 4 is 43.9 Å². The number of nitrogens with zero attached hydrogens (tertiary/aromatic N) is 4. The molecule has 9 heteroatoms. The molecule has 4 rings (SSSR count). The standard InChI is InChI=1S/C19H17N5O2S2/c1-11(2)16-22-23-19(28-16)21-14(25)8-24-10-20-17-15(18(24)26)13(9-27-17)12-6-4-3-5-7-12/h3-7,9-11H,8H2,1-2H3,(H,21,23,25). The normalized spacial score (nSPS) is 11.2. The van der Waals surface area contributed by atoms with Gasteiger partial charge in [0.2, 0.25) is 11.0 Å². The Labute approximate surface area is 168 Å². The van der Waals surface area contributed by atoms with E-state index in [1.54, 1.807) is 0 Å². The van der Waals surface area contributed by atoms with Crippen LogP contribution in [0.3, 0.4) is 0 Å². The number of hydrogen-bond donors (Lipinski definition) is 1. The Morgan fingerprint density at radius 1 is 1.21 bits per heavy atom. The van der Waals surface area contributed by atoms with Crippen LogP contribution in [0.4, 0.5) is 5.13 Å². The Bertz CT molecular complexity index is 1190. The molecule has 0 aliphatic heterocycles. The van der Waals surface area contributed by atoms with Crippen LogP contribution in [0, 0.1) is 0 Å². The van der Waals surface area contributed by atoms with Gasteiger partial charge in [-0.2, -0.15) is 0 Å². The zero-order valence-corrected chi connectivity index (χ0v) is 16.9. The van der Waals surface area contributed by atoms with Gasteiger partial charge in [0.25, 0.3) is 5.56 Å². The van der Waals surface area contributed by atoms with Crippen LogP contribution in [-0.4, -0.2) is 25.7 Å². The van der Waals surface area contributed by atoms with E-state index in [9.17, 15) is 9.59 Å².